The maximum absolute atomic E-state index is 10.7. The molecule has 54 valence electrons. The molecule has 0 aromatic carbocycles. The number of nitrogens with one attached hydrogen (secondary N) is 1. The van der Waals surface area contributed by atoms with E-state index in [1.165, 1.54) is 0 Å². The summed E-state index contributed by atoms with van der Waals surface area (Å²) in [5.74, 6) is -0.0847. The fourth-order valence-electron chi connectivity index (χ4n) is 0.389. The van der Waals surface area contributed by atoms with Crippen molar-refractivity contribution in [3.8, 4) is 0 Å². The van der Waals surface area contributed by atoms with Gasteiger partial charge in [-0.3, -0.25) is 4.79 Å². The second-order valence-electron chi connectivity index (χ2n) is 1.91. The van der Waals surface area contributed by atoms with Crippen molar-refractivity contribution < 1.29 is 4.79 Å². The first-order valence-electron chi connectivity index (χ1n) is 3.10. The molecule has 0 aliphatic heterocycles. The SMILES string of the molecule is CCCNC(=O)[C@H](C)Cl. The molecule has 0 aromatic rings. The van der Waals surface area contributed by atoms with E-state index in [0.29, 0.717) is 0 Å². The van der Waals surface area contributed by atoms with Gasteiger partial charge in [0.15, 0.2) is 0 Å². The van der Waals surface area contributed by atoms with Crippen molar-refractivity contribution in [3.63, 3.8) is 0 Å². The van der Waals surface area contributed by atoms with Crippen LogP contribution in [0.15, 0.2) is 0 Å². The maximum atomic E-state index is 10.7. The predicted octanol–water partition coefficient (Wildman–Crippen LogP) is 1.14. The average molecular weight is 150 g/mol. The Morgan fingerprint density at radius 2 is 2.33 bits per heavy atom. The summed E-state index contributed by atoms with van der Waals surface area (Å²) in [5.41, 5.74) is 0. The van der Waals surface area contributed by atoms with Gasteiger partial charge in [-0.1, -0.05) is 6.92 Å². The fraction of sp³-hybridized carbons (Fsp3) is 0.833. The molecule has 1 atom stereocenters. The van der Waals surface area contributed by atoms with Crippen LogP contribution in [-0.2, 0) is 4.79 Å². The number of hydrogen-bond acceptors (Lipinski definition) is 1. The van der Waals surface area contributed by atoms with E-state index in [0.717, 1.165) is 13.0 Å². The van der Waals surface area contributed by atoms with E-state index >= 15 is 0 Å². The molecular formula is C6H12ClNO. The molecule has 0 aliphatic carbocycles. The number of carbonyl (C=O) groups excluding carboxylic acids is 1. The van der Waals surface area contributed by atoms with Crippen LogP contribution in [0.3, 0.4) is 0 Å². The monoisotopic (exact) mass is 149 g/mol. The second kappa shape index (κ2) is 4.62. The molecule has 1 amide bonds. The summed E-state index contributed by atoms with van der Waals surface area (Å²) in [7, 11) is 0. The molecule has 0 saturated heterocycles. The molecule has 0 saturated carbocycles. The van der Waals surface area contributed by atoms with Gasteiger partial charge in [0, 0.05) is 6.54 Å². The smallest absolute Gasteiger partial charge is 0.237 e. The van der Waals surface area contributed by atoms with Gasteiger partial charge < -0.3 is 5.32 Å². The highest BCUT2D eigenvalue weighted by atomic mass is 35.5. The molecule has 0 heterocycles. The average Bonchev–Trinajstić information content (AvgIpc) is 1.82. The largest absolute Gasteiger partial charge is 0.355 e. The van der Waals surface area contributed by atoms with Crippen LogP contribution in [0.5, 0.6) is 0 Å². The highest BCUT2D eigenvalue weighted by Gasteiger charge is 2.05. The van der Waals surface area contributed by atoms with Gasteiger partial charge in [0.05, 0.1) is 0 Å². The summed E-state index contributed by atoms with van der Waals surface area (Å²) in [6.45, 7) is 4.38. The predicted molar refractivity (Wildman–Crippen MR) is 38.6 cm³/mol. The highest BCUT2D eigenvalue weighted by molar-refractivity contribution is 6.30. The normalized spacial score (nSPS) is 12.8. The molecule has 0 aromatic heterocycles. The lowest BCUT2D eigenvalue weighted by molar-refractivity contribution is -0.120. The Bertz CT molecular complexity index is 93.1. The molecule has 3 heteroatoms. The number of rotatable bonds is 3. The minimum atomic E-state index is -0.406. The van der Waals surface area contributed by atoms with Gasteiger partial charge in [-0.05, 0) is 13.3 Å². The lowest BCUT2D eigenvalue weighted by Crippen LogP contribution is -2.29. The van der Waals surface area contributed by atoms with Gasteiger partial charge in [-0.15, -0.1) is 11.6 Å². The molecule has 9 heavy (non-hydrogen) atoms. The van der Waals surface area contributed by atoms with Crippen LogP contribution in [0.4, 0.5) is 0 Å². The van der Waals surface area contributed by atoms with Gasteiger partial charge >= 0.3 is 0 Å². The minimum absolute atomic E-state index is 0.0847. The lowest BCUT2D eigenvalue weighted by Gasteiger charge is -2.02. The Morgan fingerprint density at radius 3 is 2.67 bits per heavy atom. The van der Waals surface area contributed by atoms with Gasteiger partial charge in [0.25, 0.3) is 0 Å². The quantitative estimate of drug-likeness (QED) is 0.600. The van der Waals surface area contributed by atoms with E-state index in [4.69, 9.17) is 11.6 Å². The summed E-state index contributed by atoms with van der Waals surface area (Å²) < 4.78 is 0. The summed E-state index contributed by atoms with van der Waals surface area (Å²) in [4.78, 5) is 10.7. The van der Waals surface area contributed by atoms with E-state index in [2.05, 4.69) is 5.32 Å². The molecule has 0 rings (SSSR count). The zero-order valence-electron chi connectivity index (χ0n) is 5.78. The maximum Gasteiger partial charge on any atom is 0.237 e. The third kappa shape index (κ3) is 4.28. The van der Waals surface area contributed by atoms with Crippen molar-refractivity contribution >= 4 is 17.5 Å². The summed E-state index contributed by atoms with van der Waals surface area (Å²) in [5, 5.41) is 2.25. The van der Waals surface area contributed by atoms with E-state index in [1.807, 2.05) is 6.92 Å². The van der Waals surface area contributed by atoms with E-state index in [9.17, 15) is 4.79 Å². The van der Waals surface area contributed by atoms with Gasteiger partial charge in [0.1, 0.15) is 5.38 Å². The molecule has 0 radical (unpaired) electrons. The number of halogens is 1. The van der Waals surface area contributed by atoms with E-state index in [1.54, 1.807) is 6.92 Å². The standard InChI is InChI=1S/C6H12ClNO/c1-3-4-8-6(9)5(2)7/h5H,3-4H2,1-2H3,(H,8,9)/t5-/m0/s1. The van der Waals surface area contributed by atoms with Crippen LogP contribution < -0.4 is 5.32 Å². The molecule has 2 nitrogen and oxygen atoms in total. The Labute approximate surface area is 60.6 Å². The van der Waals surface area contributed by atoms with E-state index < -0.39 is 5.38 Å². The molecule has 0 bridgehead atoms. The van der Waals surface area contributed by atoms with Crippen molar-refractivity contribution in [3.05, 3.63) is 0 Å². The minimum Gasteiger partial charge on any atom is -0.355 e. The summed E-state index contributed by atoms with van der Waals surface area (Å²) in [6, 6.07) is 0. The van der Waals surface area contributed by atoms with Gasteiger partial charge in [0.2, 0.25) is 5.91 Å². The third-order valence-corrected chi connectivity index (χ3v) is 1.11. The Morgan fingerprint density at radius 1 is 1.78 bits per heavy atom. The van der Waals surface area contributed by atoms with Crippen LogP contribution in [0.25, 0.3) is 0 Å². The van der Waals surface area contributed by atoms with Crippen LogP contribution in [0, 0.1) is 0 Å². The van der Waals surface area contributed by atoms with Crippen LogP contribution in [-0.4, -0.2) is 17.8 Å². The molecule has 0 unspecified atom stereocenters. The number of alkyl halides is 1. The molecule has 0 aliphatic rings. The second-order valence-corrected chi connectivity index (χ2v) is 2.56. The van der Waals surface area contributed by atoms with Crippen molar-refractivity contribution in [2.75, 3.05) is 6.54 Å². The topological polar surface area (TPSA) is 29.1 Å². The molecular weight excluding hydrogens is 138 g/mol. The third-order valence-electron chi connectivity index (χ3n) is 0.911. The summed E-state index contributed by atoms with van der Waals surface area (Å²) in [6.07, 6.45) is 0.954. The zero-order valence-corrected chi connectivity index (χ0v) is 6.53. The first kappa shape index (κ1) is 8.76. The Balaban J connectivity index is 3.28. The Kier molecular flexibility index (Phi) is 4.50. The molecule has 0 spiro atoms. The summed E-state index contributed by atoms with van der Waals surface area (Å²) >= 11 is 5.45. The number of hydrogen-bond donors (Lipinski definition) is 1. The first-order chi connectivity index (χ1) is 4.18. The van der Waals surface area contributed by atoms with Crippen molar-refractivity contribution in [2.24, 2.45) is 0 Å². The number of amides is 1. The van der Waals surface area contributed by atoms with Gasteiger partial charge in [-0.25, -0.2) is 0 Å². The fourth-order valence-corrected chi connectivity index (χ4v) is 0.466. The lowest BCUT2D eigenvalue weighted by atomic mass is 10.4. The van der Waals surface area contributed by atoms with E-state index in [-0.39, 0.29) is 5.91 Å². The first-order valence-corrected chi connectivity index (χ1v) is 3.54. The molecule has 0 fully saturated rings. The Hall–Kier alpha value is -0.240. The zero-order chi connectivity index (χ0) is 7.28. The van der Waals surface area contributed by atoms with Gasteiger partial charge in [-0.2, -0.15) is 0 Å². The van der Waals surface area contributed by atoms with Crippen LogP contribution in [0.1, 0.15) is 20.3 Å². The van der Waals surface area contributed by atoms with Crippen molar-refractivity contribution in [1.82, 2.24) is 5.32 Å². The number of carbonyl (C=O) groups is 1. The van der Waals surface area contributed by atoms with Crippen molar-refractivity contribution in [2.45, 2.75) is 25.6 Å². The van der Waals surface area contributed by atoms with Crippen LogP contribution >= 0.6 is 11.6 Å². The highest BCUT2D eigenvalue weighted by Crippen LogP contribution is 1.91. The van der Waals surface area contributed by atoms with Crippen molar-refractivity contribution in [1.29, 1.82) is 0 Å². The van der Waals surface area contributed by atoms with Crippen LogP contribution in [0.2, 0.25) is 0 Å². The molecule has 1 N–H and O–H groups in total.